The van der Waals surface area contributed by atoms with E-state index in [1.807, 2.05) is 0 Å². The summed E-state index contributed by atoms with van der Waals surface area (Å²) in [6, 6.07) is 11.4. The monoisotopic (exact) mass is 250 g/mol. The molecular weight excluding hydrogens is 240 g/mol. The molecule has 2 rings (SSSR count). The average Bonchev–Trinajstić information content (AvgIpc) is 2.83. The third kappa shape index (κ3) is 2.94. The van der Waals surface area contributed by atoms with Gasteiger partial charge in [0.1, 0.15) is 5.76 Å². The van der Waals surface area contributed by atoms with E-state index in [1.54, 1.807) is 30.3 Å². The van der Waals surface area contributed by atoms with Gasteiger partial charge in [-0.3, -0.25) is 0 Å². The van der Waals surface area contributed by atoms with E-state index < -0.39 is 10.0 Å². The molecule has 1 aromatic heterocycles. The predicted molar refractivity (Wildman–Crippen MR) is 63.1 cm³/mol. The Bertz CT molecular complexity index is 589. The number of nitrogens with one attached hydrogen (secondary N) is 1. The Morgan fingerprint density at radius 2 is 1.88 bits per heavy atom. The Balaban J connectivity index is 2.09. The first-order valence-electron chi connectivity index (χ1n) is 4.82. The highest BCUT2D eigenvalue weighted by molar-refractivity contribution is 7.89. The Labute approximate surface area is 98.8 Å². The van der Waals surface area contributed by atoms with E-state index in [0.29, 0.717) is 5.76 Å². The molecule has 2 aromatic rings. The molecule has 0 amide bonds. The van der Waals surface area contributed by atoms with Crippen molar-refractivity contribution < 1.29 is 12.8 Å². The number of hydrazone groups is 1. The van der Waals surface area contributed by atoms with Gasteiger partial charge in [0.05, 0.1) is 17.4 Å². The van der Waals surface area contributed by atoms with Crippen molar-refractivity contribution in [3.63, 3.8) is 0 Å². The molecule has 0 aliphatic carbocycles. The molecule has 0 aliphatic rings. The normalized spacial score (nSPS) is 11.8. The minimum atomic E-state index is -3.60. The zero-order valence-electron chi connectivity index (χ0n) is 8.78. The van der Waals surface area contributed by atoms with Crippen LogP contribution < -0.4 is 4.83 Å². The van der Waals surface area contributed by atoms with E-state index in [9.17, 15) is 8.42 Å². The zero-order chi connectivity index (χ0) is 12.1. The molecule has 6 heteroatoms. The lowest BCUT2D eigenvalue weighted by atomic mass is 10.4. The highest BCUT2D eigenvalue weighted by Crippen LogP contribution is 2.06. The molecule has 1 aromatic carbocycles. The van der Waals surface area contributed by atoms with Crippen LogP contribution in [0, 0.1) is 0 Å². The maximum atomic E-state index is 11.7. The lowest BCUT2D eigenvalue weighted by Gasteiger charge is -2.01. The SMILES string of the molecule is O=S(=O)(N/N=C\c1ccco1)c1ccccc1. The molecule has 0 fully saturated rings. The van der Waals surface area contributed by atoms with Crippen LogP contribution in [-0.2, 0) is 10.0 Å². The van der Waals surface area contributed by atoms with Crippen molar-refractivity contribution in [1.82, 2.24) is 4.83 Å². The summed E-state index contributed by atoms with van der Waals surface area (Å²) in [5.41, 5.74) is 0. The van der Waals surface area contributed by atoms with Gasteiger partial charge in [-0.1, -0.05) is 18.2 Å². The smallest absolute Gasteiger partial charge is 0.276 e. The summed E-state index contributed by atoms with van der Waals surface area (Å²) in [6.07, 6.45) is 2.77. The van der Waals surface area contributed by atoms with E-state index in [4.69, 9.17) is 4.42 Å². The van der Waals surface area contributed by atoms with Gasteiger partial charge in [0.15, 0.2) is 0 Å². The van der Waals surface area contributed by atoms with Crippen molar-refractivity contribution in [2.24, 2.45) is 5.10 Å². The summed E-state index contributed by atoms with van der Waals surface area (Å²) in [4.78, 5) is 2.26. The van der Waals surface area contributed by atoms with Crippen LogP contribution in [0.5, 0.6) is 0 Å². The summed E-state index contributed by atoms with van der Waals surface area (Å²) in [5, 5.41) is 3.61. The second kappa shape index (κ2) is 4.84. The van der Waals surface area contributed by atoms with E-state index in [2.05, 4.69) is 9.93 Å². The van der Waals surface area contributed by atoms with Crippen LogP contribution in [0.1, 0.15) is 5.76 Å². The highest BCUT2D eigenvalue weighted by Gasteiger charge is 2.10. The molecule has 0 spiro atoms. The van der Waals surface area contributed by atoms with E-state index in [0.717, 1.165) is 0 Å². The molecule has 0 saturated carbocycles. The summed E-state index contributed by atoms with van der Waals surface area (Å²) in [5.74, 6) is 0.473. The van der Waals surface area contributed by atoms with Gasteiger partial charge >= 0.3 is 0 Å². The van der Waals surface area contributed by atoms with Gasteiger partial charge in [-0.15, -0.1) is 0 Å². The van der Waals surface area contributed by atoms with Crippen LogP contribution >= 0.6 is 0 Å². The first kappa shape index (κ1) is 11.4. The molecule has 0 saturated heterocycles. The van der Waals surface area contributed by atoms with Crippen LogP contribution in [0.4, 0.5) is 0 Å². The molecular formula is C11H10N2O3S. The third-order valence-electron chi connectivity index (χ3n) is 1.96. The standard InChI is InChI=1S/C11H10N2O3S/c14-17(15,11-6-2-1-3-7-11)13-12-9-10-5-4-8-16-10/h1-9,13H/b12-9-. The van der Waals surface area contributed by atoms with E-state index in [1.165, 1.54) is 24.6 Å². The number of furan rings is 1. The number of hydrogen-bond acceptors (Lipinski definition) is 4. The molecule has 0 bridgehead atoms. The number of sulfonamides is 1. The number of rotatable bonds is 4. The van der Waals surface area contributed by atoms with Gasteiger partial charge in [-0.2, -0.15) is 18.4 Å². The second-order valence-corrected chi connectivity index (χ2v) is 4.84. The fourth-order valence-electron chi connectivity index (χ4n) is 1.18. The van der Waals surface area contributed by atoms with Crippen molar-refractivity contribution >= 4 is 16.2 Å². The van der Waals surface area contributed by atoms with Crippen LogP contribution in [0.2, 0.25) is 0 Å². The van der Waals surface area contributed by atoms with Gasteiger partial charge in [0.25, 0.3) is 10.0 Å². The first-order chi connectivity index (χ1) is 8.18. The van der Waals surface area contributed by atoms with Crippen molar-refractivity contribution in [2.45, 2.75) is 4.90 Å². The van der Waals surface area contributed by atoms with Crippen LogP contribution in [-0.4, -0.2) is 14.6 Å². The number of hydrogen-bond donors (Lipinski definition) is 1. The molecule has 0 aliphatic heterocycles. The Morgan fingerprint density at radius 1 is 1.12 bits per heavy atom. The lowest BCUT2D eigenvalue weighted by molar-refractivity contribution is 0.559. The molecule has 1 heterocycles. The maximum Gasteiger partial charge on any atom is 0.276 e. The van der Waals surface area contributed by atoms with Crippen LogP contribution in [0.3, 0.4) is 0 Å². The quantitative estimate of drug-likeness (QED) is 0.661. The summed E-state index contributed by atoms with van der Waals surface area (Å²) in [7, 11) is -3.60. The van der Waals surface area contributed by atoms with Gasteiger partial charge < -0.3 is 4.42 Å². The van der Waals surface area contributed by atoms with Crippen LogP contribution in [0.15, 0.2) is 63.1 Å². The zero-order valence-corrected chi connectivity index (χ0v) is 9.59. The van der Waals surface area contributed by atoms with Gasteiger partial charge in [0.2, 0.25) is 0 Å². The fraction of sp³-hybridized carbons (Fsp3) is 0. The van der Waals surface area contributed by atoms with Gasteiger partial charge in [0, 0.05) is 0 Å². The highest BCUT2D eigenvalue weighted by atomic mass is 32.2. The predicted octanol–water partition coefficient (Wildman–Crippen LogP) is 1.59. The Kier molecular flexibility index (Phi) is 3.24. The first-order valence-corrected chi connectivity index (χ1v) is 6.30. The van der Waals surface area contributed by atoms with E-state index in [-0.39, 0.29) is 4.90 Å². The average molecular weight is 250 g/mol. The third-order valence-corrected chi connectivity index (χ3v) is 3.20. The van der Waals surface area contributed by atoms with Gasteiger partial charge in [-0.25, -0.2) is 0 Å². The van der Waals surface area contributed by atoms with Gasteiger partial charge in [-0.05, 0) is 24.3 Å². The van der Waals surface area contributed by atoms with Crippen LogP contribution in [0.25, 0.3) is 0 Å². The molecule has 5 nitrogen and oxygen atoms in total. The lowest BCUT2D eigenvalue weighted by Crippen LogP contribution is -2.18. The topological polar surface area (TPSA) is 71.7 Å². The summed E-state index contributed by atoms with van der Waals surface area (Å²) < 4.78 is 28.4. The van der Waals surface area contributed by atoms with E-state index >= 15 is 0 Å². The summed E-state index contributed by atoms with van der Waals surface area (Å²) in [6.45, 7) is 0. The fourth-order valence-corrected chi connectivity index (χ4v) is 1.99. The maximum absolute atomic E-state index is 11.7. The van der Waals surface area contributed by atoms with Crippen molar-refractivity contribution in [3.05, 3.63) is 54.5 Å². The Hall–Kier alpha value is -2.08. The minimum Gasteiger partial charge on any atom is -0.463 e. The molecule has 17 heavy (non-hydrogen) atoms. The van der Waals surface area contributed by atoms with Crippen molar-refractivity contribution in [2.75, 3.05) is 0 Å². The number of nitrogens with zero attached hydrogens (tertiary/aromatic N) is 1. The Morgan fingerprint density at radius 3 is 2.53 bits per heavy atom. The molecule has 0 unspecified atom stereocenters. The molecule has 0 radical (unpaired) electrons. The molecule has 88 valence electrons. The molecule has 1 N–H and O–H groups in total. The van der Waals surface area contributed by atoms with Crippen molar-refractivity contribution in [3.8, 4) is 0 Å². The second-order valence-electron chi connectivity index (χ2n) is 3.18. The minimum absolute atomic E-state index is 0.164. The van der Waals surface area contributed by atoms with Crippen molar-refractivity contribution in [1.29, 1.82) is 0 Å². The largest absolute Gasteiger partial charge is 0.463 e. The number of benzene rings is 1. The molecule has 0 atom stereocenters. The summed E-state index contributed by atoms with van der Waals surface area (Å²) >= 11 is 0.